The molecule has 0 spiro atoms. The molecule has 0 bridgehead atoms. The molecule has 0 aromatic rings. The second kappa shape index (κ2) is 38.4. The Morgan fingerprint density at radius 3 is 1.27 bits per heavy atom. The van der Waals surface area contributed by atoms with Crippen LogP contribution in [0.2, 0.25) is 0 Å². The number of rotatable bonds is 41. The van der Waals surface area contributed by atoms with Crippen molar-refractivity contribution in [3.63, 3.8) is 0 Å². The van der Waals surface area contributed by atoms with Crippen LogP contribution in [0.25, 0.3) is 0 Å². The first kappa shape index (κ1) is 53.2. The number of aliphatic hydroxyl groups is 5. The van der Waals surface area contributed by atoms with E-state index in [0.29, 0.717) is 12.8 Å². The number of carbonyl (C=O) groups excluding carboxylic acids is 1. The molecule has 0 aliphatic carbocycles. The molecule has 1 aliphatic rings. The van der Waals surface area contributed by atoms with Gasteiger partial charge in [-0.05, 0) is 12.8 Å². The minimum Gasteiger partial charge on any atom is -0.394 e. The van der Waals surface area contributed by atoms with Crippen LogP contribution in [0.4, 0.5) is 0 Å². The van der Waals surface area contributed by atoms with Crippen LogP contribution >= 0.6 is 0 Å². The molecule has 0 aromatic carbocycles. The summed E-state index contributed by atoms with van der Waals surface area (Å²) in [6.07, 6.45) is 36.4. The highest BCUT2D eigenvalue weighted by molar-refractivity contribution is 5.76. The third-order valence-corrected chi connectivity index (χ3v) is 12.0. The molecule has 0 saturated carbocycles. The standard InChI is InChI=1S/C47H93NO8/c1-3-5-7-9-10-11-12-13-14-15-16-17-18-19-20-21-22-23-24-25-26-27-28-29-30-31-32-33-34-36-41(50)40(48-43(51)37-35-8-6-4-2)39-55-47-46(54)45(53)44(52)42(38-49)56-47/h40-42,44-47,49-50,52-54H,3-39H2,1-2H3,(H,48,51). The van der Waals surface area contributed by atoms with E-state index in [2.05, 4.69) is 19.2 Å². The molecule has 1 amide bonds. The summed E-state index contributed by atoms with van der Waals surface area (Å²) in [4.78, 5) is 12.7. The third-order valence-electron chi connectivity index (χ3n) is 12.0. The van der Waals surface area contributed by atoms with Crippen LogP contribution in [0.1, 0.15) is 239 Å². The smallest absolute Gasteiger partial charge is 0.220 e. The highest BCUT2D eigenvalue weighted by Gasteiger charge is 2.44. The maximum Gasteiger partial charge on any atom is 0.220 e. The summed E-state index contributed by atoms with van der Waals surface area (Å²) in [5.41, 5.74) is 0. The van der Waals surface area contributed by atoms with Crippen LogP contribution < -0.4 is 5.32 Å². The molecule has 1 saturated heterocycles. The molecule has 334 valence electrons. The predicted molar refractivity (Wildman–Crippen MR) is 231 cm³/mol. The molecule has 9 heteroatoms. The number of hydrogen-bond donors (Lipinski definition) is 6. The summed E-state index contributed by atoms with van der Waals surface area (Å²) in [6, 6.07) is -0.708. The highest BCUT2D eigenvalue weighted by atomic mass is 16.7. The van der Waals surface area contributed by atoms with Gasteiger partial charge in [0.15, 0.2) is 6.29 Å². The Morgan fingerprint density at radius 2 is 0.893 bits per heavy atom. The van der Waals surface area contributed by atoms with Gasteiger partial charge < -0.3 is 40.3 Å². The van der Waals surface area contributed by atoms with Gasteiger partial charge in [0, 0.05) is 6.42 Å². The van der Waals surface area contributed by atoms with Gasteiger partial charge in [0.25, 0.3) is 0 Å². The van der Waals surface area contributed by atoms with Gasteiger partial charge in [-0.1, -0.05) is 219 Å². The van der Waals surface area contributed by atoms with Gasteiger partial charge in [0.2, 0.25) is 5.91 Å². The quantitative estimate of drug-likeness (QED) is 0.0335. The van der Waals surface area contributed by atoms with Crippen LogP contribution in [0.3, 0.4) is 0 Å². The average Bonchev–Trinajstić information content (AvgIpc) is 3.20. The summed E-state index contributed by atoms with van der Waals surface area (Å²) in [6.45, 7) is 3.73. The summed E-state index contributed by atoms with van der Waals surface area (Å²) < 4.78 is 11.2. The first-order chi connectivity index (χ1) is 27.3. The van der Waals surface area contributed by atoms with E-state index in [0.717, 1.165) is 44.9 Å². The molecular formula is C47H93NO8. The molecule has 9 nitrogen and oxygen atoms in total. The lowest BCUT2D eigenvalue weighted by Gasteiger charge is -2.40. The lowest BCUT2D eigenvalue weighted by Crippen LogP contribution is -2.60. The number of aliphatic hydroxyl groups excluding tert-OH is 5. The Kier molecular flexibility index (Phi) is 36.5. The summed E-state index contributed by atoms with van der Waals surface area (Å²) in [5, 5.41) is 53.9. The molecule has 0 aromatic heterocycles. The van der Waals surface area contributed by atoms with Crippen molar-refractivity contribution in [2.24, 2.45) is 0 Å². The van der Waals surface area contributed by atoms with Crippen molar-refractivity contribution < 1.29 is 39.8 Å². The number of amides is 1. The summed E-state index contributed by atoms with van der Waals surface area (Å²) >= 11 is 0. The van der Waals surface area contributed by atoms with Gasteiger partial charge in [-0.25, -0.2) is 0 Å². The Hall–Kier alpha value is -0.810. The SMILES string of the molecule is CCCCCCCCCCCCCCCCCCCCCCCCCCCCCCCC(O)C(COC1OC(CO)C(O)C(O)C1O)NC(=O)CCCCCC. The summed E-state index contributed by atoms with van der Waals surface area (Å²) in [5.74, 6) is -0.159. The zero-order valence-corrected chi connectivity index (χ0v) is 36.7. The Labute approximate surface area is 344 Å². The number of nitrogens with one attached hydrogen (secondary N) is 1. The van der Waals surface area contributed by atoms with Gasteiger partial charge in [0.05, 0.1) is 25.4 Å². The van der Waals surface area contributed by atoms with Crippen molar-refractivity contribution in [2.45, 2.75) is 281 Å². The molecule has 1 heterocycles. The fraction of sp³-hybridized carbons (Fsp3) is 0.979. The van der Waals surface area contributed by atoms with Crippen LogP contribution in [0.5, 0.6) is 0 Å². The van der Waals surface area contributed by atoms with Crippen molar-refractivity contribution in [3.05, 3.63) is 0 Å². The Bertz CT molecular complexity index is 847. The number of unbranched alkanes of at least 4 members (excludes halogenated alkanes) is 31. The molecule has 1 aliphatic heterocycles. The second-order valence-corrected chi connectivity index (χ2v) is 17.3. The van der Waals surface area contributed by atoms with Crippen molar-refractivity contribution >= 4 is 5.91 Å². The first-order valence-corrected chi connectivity index (χ1v) is 24.2. The van der Waals surface area contributed by atoms with Crippen LogP contribution in [-0.4, -0.2) is 87.5 Å². The highest BCUT2D eigenvalue weighted by Crippen LogP contribution is 2.23. The van der Waals surface area contributed by atoms with E-state index in [4.69, 9.17) is 9.47 Å². The Balaban J connectivity index is 2.03. The van der Waals surface area contributed by atoms with E-state index >= 15 is 0 Å². The molecular weight excluding hydrogens is 707 g/mol. The van der Waals surface area contributed by atoms with E-state index in [1.807, 2.05) is 0 Å². The van der Waals surface area contributed by atoms with Gasteiger partial charge in [-0.3, -0.25) is 4.79 Å². The zero-order valence-electron chi connectivity index (χ0n) is 36.7. The van der Waals surface area contributed by atoms with E-state index in [9.17, 15) is 30.3 Å². The maximum absolute atomic E-state index is 12.7. The third kappa shape index (κ3) is 28.6. The van der Waals surface area contributed by atoms with Crippen LogP contribution in [-0.2, 0) is 14.3 Å². The largest absolute Gasteiger partial charge is 0.394 e. The van der Waals surface area contributed by atoms with Crippen molar-refractivity contribution in [1.29, 1.82) is 0 Å². The number of hydrogen-bond acceptors (Lipinski definition) is 8. The number of ether oxygens (including phenoxy) is 2. The van der Waals surface area contributed by atoms with Crippen molar-refractivity contribution in [2.75, 3.05) is 13.2 Å². The summed E-state index contributed by atoms with van der Waals surface area (Å²) in [7, 11) is 0. The van der Waals surface area contributed by atoms with E-state index in [1.54, 1.807) is 0 Å². The maximum atomic E-state index is 12.7. The van der Waals surface area contributed by atoms with Crippen LogP contribution in [0.15, 0.2) is 0 Å². The molecule has 1 fully saturated rings. The Morgan fingerprint density at radius 1 is 0.536 bits per heavy atom. The topological polar surface area (TPSA) is 149 Å². The lowest BCUT2D eigenvalue weighted by molar-refractivity contribution is -0.302. The van der Waals surface area contributed by atoms with Crippen molar-refractivity contribution in [1.82, 2.24) is 5.32 Å². The zero-order chi connectivity index (χ0) is 40.9. The van der Waals surface area contributed by atoms with E-state index in [1.165, 1.54) is 167 Å². The van der Waals surface area contributed by atoms with Gasteiger partial charge >= 0.3 is 0 Å². The molecule has 7 atom stereocenters. The van der Waals surface area contributed by atoms with Gasteiger partial charge in [0.1, 0.15) is 24.4 Å². The lowest BCUT2D eigenvalue weighted by atomic mass is 9.99. The van der Waals surface area contributed by atoms with Gasteiger partial charge in [-0.15, -0.1) is 0 Å². The van der Waals surface area contributed by atoms with E-state index in [-0.39, 0.29) is 12.5 Å². The monoisotopic (exact) mass is 800 g/mol. The van der Waals surface area contributed by atoms with Crippen molar-refractivity contribution in [3.8, 4) is 0 Å². The molecule has 6 N–H and O–H groups in total. The van der Waals surface area contributed by atoms with Gasteiger partial charge in [-0.2, -0.15) is 0 Å². The molecule has 56 heavy (non-hydrogen) atoms. The fourth-order valence-electron chi connectivity index (χ4n) is 8.04. The molecule has 1 rings (SSSR count). The predicted octanol–water partition coefficient (Wildman–Crippen LogP) is 10.3. The minimum absolute atomic E-state index is 0.135. The molecule has 0 radical (unpaired) electrons. The van der Waals surface area contributed by atoms with Crippen LogP contribution in [0, 0.1) is 0 Å². The minimum atomic E-state index is -1.55. The average molecular weight is 800 g/mol. The second-order valence-electron chi connectivity index (χ2n) is 17.3. The first-order valence-electron chi connectivity index (χ1n) is 24.2. The number of carbonyl (C=O) groups is 1. The normalized spacial score (nSPS) is 21.0. The fourth-order valence-corrected chi connectivity index (χ4v) is 8.04. The molecule has 7 unspecified atom stereocenters. The van der Waals surface area contributed by atoms with E-state index < -0.39 is 49.5 Å².